The van der Waals surface area contributed by atoms with E-state index in [1.807, 2.05) is 0 Å². The maximum absolute atomic E-state index is 13.2. The van der Waals surface area contributed by atoms with E-state index in [4.69, 9.17) is 0 Å². The second-order valence-electron chi connectivity index (χ2n) is 4.86. The Balaban J connectivity index is 1.98. The molecule has 1 fully saturated rings. The van der Waals surface area contributed by atoms with Crippen LogP contribution in [0, 0.1) is 5.82 Å². The maximum Gasteiger partial charge on any atom is 0.236 e. The zero-order valence-electron chi connectivity index (χ0n) is 11.5. The third kappa shape index (κ3) is 3.91. The smallest absolute Gasteiger partial charge is 0.236 e. The number of benzene rings is 1. The largest absolute Gasteiger partial charge is 0.314 e. The summed E-state index contributed by atoms with van der Waals surface area (Å²) in [6.45, 7) is 4.00. The lowest BCUT2D eigenvalue weighted by Gasteiger charge is -2.28. The molecule has 2 rings (SSSR count). The Labute approximate surface area is 119 Å². The van der Waals surface area contributed by atoms with E-state index in [0.29, 0.717) is 12.2 Å². The van der Waals surface area contributed by atoms with Crippen molar-refractivity contribution in [1.29, 1.82) is 0 Å². The van der Waals surface area contributed by atoms with Gasteiger partial charge in [0, 0.05) is 39.8 Å². The first-order valence-corrected chi connectivity index (χ1v) is 8.25. The Kier molecular flexibility index (Phi) is 4.95. The summed E-state index contributed by atoms with van der Waals surface area (Å²) in [5, 5.41) is 3.22. The van der Waals surface area contributed by atoms with Gasteiger partial charge in [0.25, 0.3) is 0 Å². The second kappa shape index (κ2) is 6.51. The molecule has 0 amide bonds. The van der Waals surface area contributed by atoms with Crippen LogP contribution in [-0.4, -0.2) is 58.8 Å². The third-order valence-electron chi connectivity index (χ3n) is 3.46. The molecular formula is C13H20FN3O2S. The molecular weight excluding hydrogens is 281 g/mol. The lowest BCUT2D eigenvalue weighted by molar-refractivity contribution is 0.254. The highest BCUT2D eigenvalue weighted by Gasteiger charge is 2.20. The van der Waals surface area contributed by atoms with E-state index in [9.17, 15) is 12.8 Å². The van der Waals surface area contributed by atoms with Crippen molar-refractivity contribution in [2.75, 3.05) is 49.8 Å². The highest BCUT2D eigenvalue weighted by atomic mass is 32.2. The molecule has 5 nitrogen and oxygen atoms in total. The monoisotopic (exact) mass is 301 g/mol. The summed E-state index contributed by atoms with van der Waals surface area (Å²) in [5.74, 6) is -0.397. The molecule has 0 aromatic heterocycles. The van der Waals surface area contributed by atoms with Crippen molar-refractivity contribution in [1.82, 2.24) is 10.2 Å². The van der Waals surface area contributed by atoms with Crippen LogP contribution >= 0.6 is 0 Å². The summed E-state index contributed by atoms with van der Waals surface area (Å²) in [4.78, 5) is 2.12. The fourth-order valence-corrected chi connectivity index (χ4v) is 3.35. The topological polar surface area (TPSA) is 52.7 Å². The number of nitrogens with zero attached hydrogens (tertiary/aromatic N) is 2. The molecule has 0 spiro atoms. The maximum atomic E-state index is 13.2. The van der Waals surface area contributed by atoms with Gasteiger partial charge in [-0.05, 0) is 18.2 Å². The van der Waals surface area contributed by atoms with Crippen LogP contribution in [0.3, 0.4) is 0 Å². The number of hydrogen-bond acceptors (Lipinski definition) is 4. The number of sulfonamides is 1. The van der Waals surface area contributed by atoms with Gasteiger partial charge < -0.3 is 5.32 Å². The normalized spacial score (nSPS) is 17.1. The average Bonchev–Trinajstić information content (AvgIpc) is 2.45. The van der Waals surface area contributed by atoms with Gasteiger partial charge >= 0.3 is 0 Å². The summed E-state index contributed by atoms with van der Waals surface area (Å²) in [7, 11) is -1.96. The third-order valence-corrected chi connectivity index (χ3v) is 5.21. The summed E-state index contributed by atoms with van der Waals surface area (Å²) in [6, 6.07) is 5.62. The molecule has 1 aliphatic rings. The van der Waals surface area contributed by atoms with Crippen molar-refractivity contribution in [3.05, 3.63) is 30.1 Å². The highest BCUT2D eigenvalue weighted by molar-refractivity contribution is 7.92. The Morgan fingerprint density at radius 1 is 1.35 bits per heavy atom. The number of hydrogen-bond donors (Lipinski definition) is 1. The molecule has 0 radical (unpaired) electrons. The van der Waals surface area contributed by atoms with Gasteiger partial charge in [-0.25, -0.2) is 12.8 Å². The van der Waals surface area contributed by atoms with Gasteiger partial charge in [0.2, 0.25) is 10.0 Å². The number of rotatable bonds is 5. The van der Waals surface area contributed by atoms with Crippen LogP contribution in [-0.2, 0) is 10.0 Å². The van der Waals surface area contributed by atoms with Gasteiger partial charge in [-0.2, -0.15) is 0 Å². The quantitative estimate of drug-likeness (QED) is 0.860. The van der Waals surface area contributed by atoms with Crippen molar-refractivity contribution in [3.8, 4) is 0 Å². The highest BCUT2D eigenvalue weighted by Crippen LogP contribution is 2.17. The van der Waals surface area contributed by atoms with Gasteiger partial charge in [-0.15, -0.1) is 0 Å². The molecule has 0 bridgehead atoms. The molecule has 0 unspecified atom stereocenters. The standard InChI is InChI=1S/C13H20FN3O2S/c1-16(13-4-2-3-12(14)11-13)20(18,19)10-9-17-7-5-15-6-8-17/h2-4,11,15H,5-10H2,1H3. The summed E-state index contributed by atoms with van der Waals surface area (Å²) < 4.78 is 38.8. The van der Waals surface area contributed by atoms with Crippen molar-refractivity contribution in [2.24, 2.45) is 0 Å². The molecule has 1 N–H and O–H groups in total. The first kappa shape index (κ1) is 15.2. The Hall–Kier alpha value is -1.18. The van der Waals surface area contributed by atoms with Gasteiger partial charge in [-0.3, -0.25) is 9.21 Å². The second-order valence-corrected chi connectivity index (χ2v) is 6.97. The molecule has 0 saturated carbocycles. The first-order chi connectivity index (χ1) is 9.49. The minimum atomic E-state index is -3.42. The molecule has 1 saturated heterocycles. The molecule has 1 aromatic carbocycles. The van der Waals surface area contributed by atoms with Crippen LogP contribution in [0.4, 0.5) is 10.1 Å². The Morgan fingerprint density at radius 3 is 2.70 bits per heavy atom. The van der Waals surface area contributed by atoms with E-state index in [1.165, 1.54) is 25.2 Å². The van der Waals surface area contributed by atoms with Crippen LogP contribution in [0.1, 0.15) is 0 Å². The molecule has 1 heterocycles. The molecule has 112 valence electrons. The van der Waals surface area contributed by atoms with E-state index in [1.54, 1.807) is 6.07 Å². The number of anilines is 1. The molecule has 20 heavy (non-hydrogen) atoms. The fourth-order valence-electron chi connectivity index (χ4n) is 2.15. The number of halogens is 1. The van der Waals surface area contributed by atoms with Crippen molar-refractivity contribution in [3.63, 3.8) is 0 Å². The molecule has 7 heteroatoms. The van der Waals surface area contributed by atoms with Gasteiger partial charge in [0.1, 0.15) is 5.82 Å². The van der Waals surface area contributed by atoms with E-state index in [0.717, 1.165) is 30.5 Å². The number of nitrogens with one attached hydrogen (secondary N) is 1. The van der Waals surface area contributed by atoms with Crippen LogP contribution in [0.15, 0.2) is 24.3 Å². The molecule has 1 aromatic rings. The van der Waals surface area contributed by atoms with Crippen LogP contribution in [0.5, 0.6) is 0 Å². The predicted molar refractivity (Wildman–Crippen MR) is 77.9 cm³/mol. The minimum Gasteiger partial charge on any atom is -0.314 e. The van der Waals surface area contributed by atoms with Gasteiger partial charge in [-0.1, -0.05) is 6.07 Å². The van der Waals surface area contributed by atoms with Gasteiger partial charge in [0.05, 0.1) is 11.4 Å². The number of piperazine rings is 1. The first-order valence-electron chi connectivity index (χ1n) is 6.64. The van der Waals surface area contributed by atoms with E-state index >= 15 is 0 Å². The van der Waals surface area contributed by atoms with E-state index < -0.39 is 15.8 Å². The van der Waals surface area contributed by atoms with Crippen molar-refractivity contribution in [2.45, 2.75) is 0 Å². The lowest BCUT2D eigenvalue weighted by atomic mass is 10.3. The van der Waals surface area contributed by atoms with E-state index in [2.05, 4.69) is 10.2 Å². The zero-order valence-corrected chi connectivity index (χ0v) is 12.4. The SMILES string of the molecule is CN(c1cccc(F)c1)S(=O)(=O)CCN1CCNCC1. The van der Waals surface area contributed by atoms with Crippen LogP contribution in [0.2, 0.25) is 0 Å². The fraction of sp³-hybridized carbons (Fsp3) is 0.538. The van der Waals surface area contributed by atoms with Gasteiger partial charge in [0.15, 0.2) is 0 Å². The van der Waals surface area contributed by atoms with Crippen LogP contribution in [0.25, 0.3) is 0 Å². The van der Waals surface area contributed by atoms with E-state index in [-0.39, 0.29) is 5.75 Å². The average molecular weight is 301 g/mol. The summed E-state index contributed by atoms with van der Waals surface area (Å²) >= 11 is 0. The predicted octanol–water partition coefficient (Wildman–Crippen LogP) is 0.497. The molecule has 0 atom stereocenters. The zero-order chi connectivity index (χ0) is 14.6. The summed E-state index contributed by atoms with van der Waals surface area (Å²) in [5.41, 5.74) is 0.352. The summed E-state index contributed by atoms with van der Waals surface area (Å²) in [6.07, 6.45) is 0. The Morgan fingerprint density at radius 2 is 2.05 bits per heavy atom. The Bertz CT molecular complexity index is 544. The van der Waals surface area contributed by atoms with Crippen molar-refractivity contribution >= 4 is 15.7 Å². The minimum absolute atomic E-state index is 0.0417. The lowest BCUT2D eigenvalue weighted by Crippen LogP contribution is -2.46. The van der Waals surface area contributed by atoms with Crippen molar-refractivity contribution < 1.29 is 12.8 Å². The molecule has 1 aliphatic heterocycles. The molecule has 0 aliphatic carbocycles. The van der Waals surface area contributed by atoms with Crippen LogP contribution < -0.4 is 9.62 Å².